The van der Waals surface area contributed by atoms with Gasteiger partial charge in [0.25, 0.3) is 0 Å². The zero-order valence-electron chi connectivity index (χ0n) is 12.3. The van der Waals surface area contributed by atoms with E-state index in [9.17, 15) is 0 Å². The summed E-state index contributed by atoms with van der Waals surface area (Å²) in [5, 5.41) is 15.3. The van der Waals surface area contributed by atoms with Crippen molar-refractivity contribution in [2.24, 2.45) is 0 Å². The van der Waals surface area contributed by atoms with Crippen molar-refractivity contribution in [1.29, 1.82) is 0 Å². The van der Waals surface area contributed by atoms with Gasteiger partial charge in [0.05, 0.1) is 10.9 Å². The number of hydrogen-bond acceptors (Lipinski definition) is 2. The Hall–Kier alpha value is -2.72. The van der Waals surface area contributed by atoms with Crippen LogP contribution in [0.15, 0.2) is 106 Å². The predicted molar refractivity (Wildman–Crippen MR) is 89.5 cm³/mol. The zero-order chi connectivity index (χ0) is 16.5. The molecule has 23 heavy (non-hydrogen) atoms. The van der Waals surface area contributed by atoms with Gasteiger partial charge in [-0.25, -0.2) is 0 Å². The molecule has 0 heterocycles. The summed E-state index contributed by atoms with van der Waals surface area (Å²) in [5.74, 6) is 0. The molecule has 3 aromatic rings. The van der Waals surface area contributed by atoms with Gasteiger partial charge in [-0.2, -0.15) is 0 Å². The summed E-state index contributed by atoms with van der Waals surface area (Å²) in [4.78, 5) is 12.5. The highest BCUT2D eigenvalue weighted by molar-refractivity contribution is 7.97. The van der Waals surface area contributed by atoms with Gasteiger partial charge in [-0.3, -0.25) is 0 Å². The third kappa shape index (κ3) is 5.20. The Balaban J connectivity index is 0.000000433. The fourth-order valence-corrected chi connectivity index (χ4v) is 4.18. The van der Waals surface area contributed by atoms with Gasteiger partial charge in [-0.1, -0.05) is 54.6 Å². The maximum Gasteiger partial charge on any atom is 0.249 e. The van der Waals surface area contributed by atoms with Gasteiger partial charge in [0.1, 0.15) is 0 Å². The van der Waals surface area contributed by atoms with Crippen LogP contribution < -0.4 is 5.11 Å². The minimum Gasteiger partial charge on any atom is -0.565 e. The Labute approximate surface area is 138 Å². The summed E-state index contributed by atoms with van der Waals surface area (Å²) in [6.07, 6.45) is -2.08. The highest BCUT2D eigenvalue weighted by Gasteiger charge is 2.27. The Kier molecular flexibility index (Phi) is 6.27. The zero-order valence-corrected chi connectivity index (χ0v) is 13.1. The van der Waals surface area contributed by atoms with E-state index in [1.54, 1.807) is 0 Å². The minimum atomic E-state index is -2.08. The highest BCUT2D eigenvalue weighted by atomic mass is 32.2. The fraction of sp³-hybridized carbons (Fsp3) is 0. The molecule has 4 heteroatoms. The van der Waals surface area contributed by atoms with E-state index in [1.165, 1.54) is 14.7 Å². The van der Waals surface area contributed by atoms with Crippen LogP contribution in [-0.2, 0) is 10.9 Å². The molecule has 0 aromatic heterocycles. The van der Waals surface area contributed by atoms with E-state index in [0.717, 1.165) is 0 Å². The molecule has 3 rings (SSSR count). The van der Waals surface area contributed by atoms with Gasteiger partial charge in [-0.15, -0.1) is 0 Å². The number of hydrogen-bond donors (Lipinski definition) is 1. The molecule has 0 aliphatic carbocycles. The molecule has 116 valence electrons. The van der Waals surface area contributed by atoms with Gasteiger partial charge in [0.2, 0.25) is 6.16 Å². The summed E-state index contributed by atoms with van der Waals surface area (Å²) < 4.78 is 0. The summed E-state index contributed by atoms with van der Waals surface area (Å²) in [6, 6.07) is 32.2. The van der Waals surface area contributed by atoms with E-state index in [1.807, 2.05) is 0 Å². The predicted octanol–water partition coefficient (Wildman–Crippen LogP) is 3.67. The van der Waals surface area contributed by atoms with Crippen LogP contribution in [0, 0.1) is 0 Å². The van der Waals surface area contributed by atoms with Crippen molar-refractivity contribution in [2.75, 3.05) is 0 Å². The summed E-state index contributed by atoms with van der Waals surface area (Å²) in [5.41, 5.74) is 0. The van der Waals surface area contributed by atoms with Gasteiger partial charge >= 0.3 is 0 Å². The molecule has 0 radical (unpaired) electrons. The maximum absolute atomic E-state index is 8.44. The Morgan fingerprint density at radius 3 is 1.09 bits per heavy atom. The highest BCUT2D eigenvalue weighted by Crippen LogP contribution is 2.30. The van der Waals surface area contributed by atoms with Crippen LogP contribution >= 0.6 is 0 Å². The lowest BCUT2D eigenvalue weighted by Gasteiger charge is -2.07. The third-order valence-corrected chi connectivity index (χ3v) is 5.17. The molecular formula is C19H16O3S. The monoisotopic (exact) mass is 324 g/mol. The first-order valence-electron chi connectivity index (χ1n) is 6.98. The first-order chi connectivity index (χ1) is 11.2. The smallest absolute Gasteiger partial charge is 0.249 e. The van der Waals surface area contributed by atoms with E-state index in [2.05, 4.69) is 91.0 Å². The molecule has 0 spiro atoms. The molecule has 0 saturated carbocycles. The lowest BCUT2D eigenvalue weighted by atomic mass is 10.4. The topological polar surface area (TPSA) is 60.4 Å². The van der Waals surface area contributed by atoms with Crippen molar-refractivity contribution in [2.45, 2.75) is 14.7 Å². The van der Waals surface area contributed by atoms with E-state index in [0.29, 0.717) is 0 Å². The van der Waals surface area contributed by atoms with Crippen LogP contribution in [0.25, 0.3) is 0 Å². The fourth-order valence-electron chi connectivity index (χ4n) is 2.08. The van der Waals surface area contributed by atoms with Crippen LogP contribution in [0.5, 0.6) is 0 Å². The average Bonchev–Trinajstić information content (AvgIpc) is 2.58. The Morgan fingerprint density at radius 1 is 0.652 bits per heavy atom. The number of carboxylic acid groups (broad SMARTS) is 2. The molecule has 0 aliphatic heterocycles. The van der Waals surface area contributed by atoms with E-state index in [4.69, 9.17) is 15.0 Å². The van der Waals surface area contributed by atoms with Crippen molar-refractivity contribution >= 4 is 17.1 Å². The van der Waals surface area contributed by atoms with E-state index >= 15 is 0 Å². The largest absolute Gasteiger partial charge is 0.565 e. The number of benzene rings is 3. The minimum absolute atomic E-state index is 0.0146. The van der Waals surface area contributed by atoms with Crippen LogP contribution in [0.3, 0.4) is 0 Å². The lowest BCUT2D eigenvalue weighted by Crippen LogP contribution is -2.17. The van der Waals surface area contributed by atoms with Crippen molar-refractivity contribution in [3.63, 3.8) is 0 Å². The molecule has 0 atom stereocenters. The average molecular weight is 324 g/mol. The molecule has 0 amide bonds. The molecule has 3 nitrogen and oxygen atoms in total. The standard InChI is InChI=1S/C18H15S.CH2O3/c1-4-10-16(11-5-1)19(17-12-6-2-7-13-17)18-14-8-3-9-15-18;2-1(3)4/h1-15H;(H2,2,3,4)/q+1;/p-1. The molecule has 1 N–H and O–H groups in total. The molecule has 0 unspecified atom stereocenters. The summed E-state index contributed by atoms with van der Waals surface area (Å²) in [6.45, 7) is 0. The first kappa shape index (κ1) is 16.6. The second-order valence-electron chi connectivity index (χ2n) is 4.51. The first-order valence-corrected chi connectivity index (χ1v) is 8.20. The molecule has 0 fully saturated rings. The van der Waals surface area contributed by atoms with E-state index < -0.39 is 6.16 Å². The molecule has 0 saturated heterocycles. The van der Waals surface area contributed by atoms with Gasteiger partial charge in [-0.05, 0) is 36.4 Å². The number of carbonyl (C=O) groups is 1. The lowest BCUT2D eigenvalue weighted by molar-refractivity contribution is -0.275. The normalized spacial score (nSPS) is 9.78. The summed E-state index contributed by atoms with van der Waals surface area (Å²) in [7, 11) is -0.0146. The Morgan fingerprint density at radius 2 is 0.870 bits per heavy atom. The number of rotatable bonds is 3. The maximum atomic E-state index is 8.44. The molecule has 3 aromatic carbocycles. The van der Waals surface area contributed by atoms with Crippen molar-refractivity contribution in [1.82, 2.24) is 0 Å². The van der Waals surface area contributed by atoms with Gasteiger partial charge < -0.3 is 15.0 Å². The van der Waals surface area contributed by atoms with Crippen molar-refractivity contribution < 1.29 is 15.0 Å². The van der Waals surface area contributed by atoms with Crippen LogP contribution in [0.2, 0.25) is 0 Å². The quantitative estimate of drug-likeness (QED) is 0.748. The molecule has 0 bridgehead atoms. The summed E-state index contributed by atoms with van der Waals surface area (Å²) >= 11 is 0. The van der Waals surface area contributed by atoms with E-state index in [-0.39, 0.29) is 10.9 Å². The van der Waals surface area contributed by atoms with Crippen molar-refractivity contribution in [3.05, 3.63) is 91.0 Å². The molecular weight excluding hydrogens is 308 g/mol. The van der Waals surface area contributed by atoms with Gasteiger partial charge in [0.15, 0.2) is 14.7 Å². The van der Waals surface area contributed by atoms with Gasteiger partial charge in [0, 0.05) is 0 Å². The van der Waals surface area contributed by atoms with Crippen LogP contribution in [-0.4, -0.2) is 11.3 Å². The second-order valence-corrected chi connectivity index (χ2v) is 6.54. The SMILES string of the molecule is O=C([O-])O.c1ccc([S+](c2ccccc2)c2ccccc2)cc1. The third-order valence-electron chi connectivity index (χ3n) is 2.94. The molecule has 0 aliphatic rings. The second kappa shape index (κ2) is 8.66. The van der Waals surface area contributed by atoms with Crippen molar-refractivity contribution in [3.8, 4) is 0 Å². The van der Waals surface area contributed by atoms with Crippen LogP contribution in [0.4, 0.5) is 4.79 Å². The van der Waals surface area contributed by atoms with Crippen LogP contribution in [0.1, 0.15) is 0 Å². The Bertz CT molecular complexity index is 617.